The summed E-state index contributed by atoms with van der Waals surface area (Å²) in [5.74, 6) is 0.633. The van der Waals surface area contributed by atoms with Crippen molar-refractivity contribution in [3.05, 3.63) is 48.3 Å². The van der Waals surface area contributed by atoms with Crippen molar-refractivity contribution in [3.8, 4) is 0 Å². The van der Waals surface area contributed by atoms with Crippen LogP contribution in [0.25, 0.3) is 0 Å². The quantitative estimate of drug-likeness (QED) is 0.431. The molecule has 132 valence electrons. The molecule has 1 aromatic carbocycles. The molecule has 0 spiro atoms. The second kappa shape index (κ2) is 9.73. The molecule has 0 saturated heterocycles. The van der Waals surface area contributed by atoms with Crippen molar-refractivity contribution in [1.82, 2.24) is 4.90 Å². The SMILES string of the molecule is C=CCN(CC1CCCC1)C(C)CCCC(=O)c1ccc(F)cc1. The number of rotatable bonds is 10. The Morgan fingerprint density at radius 3 is 2.62 bits per heavy atom. The van der Waals surface area contributed by atoms with E-state index in [1.54, 1.807) is 12.1 Å². The molecule has 0 aromatic heterocycles. The number of hydrogen-bond acceptors (Lipinski definition) is 2. The highest BCUT2D eigenvalue weighted by molar-refractivity contribution is 5.95. The van der Waals surface area contributed by atoms with Gasteiger partial charge in [-0.3, -0.25) is 9.69 Å². The van der Waals surface area contributed by atoms with Crippen LogP contribution in [0.5, 0.6) is 0 Å². The topological polar surface area (TPSA) is 20.3 Å². The van der Waals surface area contributed by atoms with Crippen LogP contribution in [0.4, 0.5) is 4.39 Å². The smallest absolute Gasteiger partial charge is 0.162 e. The molecule has 1 saturated carbocycles. The normalized spacial score (nSPS) is 16.5. The molecule has 0 bridgehead atoms. The Labute approximate surface area is 145 Å². The maximum Gasteiger partial charge on any atom is 0.162 e. The van der Waals surface area contributed by atoms with Crippen molar-refractivity contribution in [3.63, 3.8) is 0 Å². The van der Waals surface area contributed by atoms with Gasteiger partial charge in [0, 0.05) is 31.1 Å². The Kier molecular flexibility index (Phi) is 7.64. The van der Waals surface area contributed by atoms with Gasteiger partial charge in [0.15, 0.2) is 5.78 Å². The van der Waals surface area contributed by atoms with Gasteiger partial charge in [-0.15, -0.1) is 6.58 Å². The number of halogens is 1. The maximum atomic E-state index is 12.9. The zero-order chi connectivity index (χ0) is 17.4. The maximum absolute atomic E-state index is 12.9. The summed E-state index contributed by atoms with van der Waals surface area (Å²) in [5.41, 5.74) is 0.609. The van der Waals surface area contributed by atoms with Crippen molar-refractivity contribution < 1.29 is 9.18 Å². The van der Waals surface area contributed by atoms with Crippen LogP contribution in [-0.2, 0) is 0 Å². The number of ketones is 1. The highest BCUT2D eigenvalue weighted by Gasteiger charge is 2.21. The minimum absolute atomic E-state index is 0.105. The van der Waals surface area contributed by atoms with Gasteiger partial charge < -0.3 is 0 Å². The van der Waals surface area contributed by atoms with Crippen molar-refractivity contribution in [2.75, 3.05) is 13.1 Å². The van der Waals surface area contributed by atoms with Crippen molar-refractivity contribution >= 4 is 5.78 Å². The fraction of sp³-hybridized carbons (Fsp3) is 0.571. The van der Waals surface area contributed by atoms with Gasteiger partial charge in [-0.05, 0) is 62.8 Å². The third-order valence-corrected chi connectivity index (χ3v) is 5.15. The standard InChI is InChI=1S/C21H30FNO/c1-3-15-23(16-18-8-4-5-9-18)17(2)7-6-10-21(24)19-11-13-20(22)14-12-19/h3,11-14,17-18H,1,4-10,15-16H2,2H3. The van der Waals surface area contributed by atoms with Crippen LogP contribution < -0.4 is 0 Å². The van der Waals surface area contributed by atoms with Gasteiger partial charge >= 0.3 is 0 Å². The van der Waals surface area contributed by atoms with Gasteiger partial charge in [-0.2, -0.15) is 0 Å². The number of carbonyl (C=O) groups is 1. The monoisotopic (exact) mass is 331 g/mol. The molecular weight excluding hydrogens is 301 g/mol. The summed E-state index contributed by atoms with van der Waals surface area (Å²) in [4.78, 5) is 14.7. The van der Waals surface area contributed by atoms with E-state index in [-0.39, 0.29) is 11.6 Å². The third kappa shape index (κ3) is 5.86. The molecule has 1 unspecified atom stereocenters. The van der Waals surface area contributed by atoms with Gasteiger partial charge in [0.2, 0.25) is 0 Å². The minimum atomic E-state index is -0.299. The molecule has 2 rings (SSSR count). The first kappa shape index (κ1) is 18.9. The van der Waals surface area contributed by atoms with Crippen LogP contribution in [0.2, 0.25) is 0 Å². The molecule has 2 nitrogen and oxygen atoms in total. The van der Waals surface area contributed by atoms with Crippen molar-refractivity contribution in [2.45, 2.75) is 57.9 Å². The Morgan fingerprint density at radius 1 is 1.33 bits per heavy atom. The van der Waals surface area contributed by atoms with Gasteiger partial charge in [0.25, 0.3) is 0 Å². The molecule has 1 fully saturated rings. The lowest BCUT2D eigenvalue weighted by Gasteiger charge is -2.30. The van der Waals surface area contributed by atoms with Crippen LogP contribution in [-0.4, -0.2) is 29.8 Å². The summed E-state index contributed by atoms with van der Waals surface area (Å²) in [6.45, 7) is 8.21. The van der Waals surface area contributed by atoms with Crippen LogP contribution in [0.15, 0.2) is 36.9 Å². The van der Waals surface area contributed by atoms with Crippen molar-refractivity contribution in [1.29, 1.82) is 0 Å². The summed E-state index contributed by atoms with van der Waals surface area (Å²) >= 11 is 0. The predicted octanol–water partition coefficient (Wildman–Crippen LogP) is 5.25. The number of Topliss-reactive ketones (excluding diaryl/α,β-unsaturated/α-hetero) is 1. The van der Waals surface area contributed by atoms with E-state index in [4.69, 9.17) is 0 Å². The van der Waals surface area contributed by atoms with Gasteiger partial charge in [0.1, 0.15) is 5.82 Å². The van der Waals surface area contributed by atoms with E-state index in [0.717, 1.165) is 31.8 Å². The average Bonchev–Trinajstić information content (AvgIpc) is 3.08. The molecule has 1 atom stereocenters. The number of benzene rings is 1. The molecule has 1 aliphatic rings. The third-order valence-electron chi connectivity index (χ3n) is 5.15. The summed E-state index contributed by atoms with van der Waals surface area (Å²) in [6, 6.07) is 6.31. The van der Waals surface area contributed by atoms with E-state index in [1.165, 1.54) is 37.8 Å². The summed E-state index contributed by atoms with van der Waals surface area (Å²) in [6.07, 6.45) is 9.83. The van der Waals surface area contributed by atoms with Crippen LogP contribution in [0.3, 0.4) is 0 Å². The largest absolute Gasteiger partial charge is 0.297 e. The van der Waals surface area contributed by atoms with E-state index in [0.29, 0.717) is 18.0 Å². The number of carbonyl (C=O) groups excluding carboxylic acids is 1. The lowest BCUT2D eigenvalue weighted by Crippen LogP contribution is -2.36. The van der Waals surface area contributed by atoms with E-state index < -0.39 is 0 Å². The van der Waals surface area contributed by atoms with Gasteiger partial charge in [-0.25, -0.2) is 4.39 Å². The van der Waals surface area contributed by atoms with Crippen LogP contribution in [0.1, 0.15) is 62.2 Å². The first-order valence-corrected chi connectivity index (χ1v) is 9.24. The molecule has 0 N–H and O–H groups in total. The van der Waals surface area contributed by atoms with E-state index >= 15 is 0 Å². The Bertz CT molecular complexity index is 519. The van der Waals surface area contributed by atoms with Gasteiger partial charge in [-0.1, -0.05) is 18.9 Å². The first-order chi connectivity index (χ1) is 11.6. The molecule has 0 aliphatic heterocycles. The fourth-order valence-electron chi connectivity index (χ4n) is 3.65. The predicted molar refractivity (Wildman–Crippen MR) is 97.8 cm³/mol. The summed E-state index contributed by atoms with van der Waals surface area (Å²) in [7, 11) is 0. The Balaban J connectivity index is 1.76. The zero-order valence-corrected chi connectivity index (χ0v) is 14.8. The molecule has 0 amide bonds. The number of hydrogen-bond donors (Lipinski definition) is 0. The van der Waals surface area contributed by atoms with Crippen LogP contribution >= 0.6 is 0 Å². The molecule has 24 heavy (non-hydrogen) atoms. The highest BCUT2D eigenvalue weighted by Crippen LogP contribution is 2.26. The Morgan fingerprint density at radius 2 is 2.00 bits per heavy atom. The van der Waals surface area contributed by atoms with E-state index in [9.17, 15) is 9.18 Å². The summed E-state index contributed by atoms with van der Waals surface area (Å²) in [5, 5.41) is 0. The molecular formula is C21H30FNO. The second-order valence-corrected chi connectivity index (χ2v) is 7.06. The lowest BCUT2D eigenvalue weighted by atomic mass is 10.0. The van der Waals surface area contributed by atoms with Gasteiger partial charge in [0.05, 0.1) is 0 Å². The number of nitrogens with zero attached hydrogens (tertiary/aromatic N) is 1. The fourth-order valence-corrected chi connectivity index (χ4v) is 3.65. The second-order valence-electron chi connectivity index (χ2n) is 7.06. The molecule has 1 aliphatic carbocycles. The Hall–Kier alpha value is -1.48. The molecule has 0 heterocycles. The highest BCUT2D eigenvalue weighted by atomic mass is 19.1. The zero-order valence-electron chi connectivity index (χ0n) is 14.8. The average molecular weight is 331 g/mol. The van der Waals surface area contributed by atoms with Crippen molar-refractivity contribution in [2.24, 2.45) is 5.92 Å². The summed E-state index contributed by atoms with van der Waals surface area (Å²) < 4.78 is 12.9. The molecule has 1 aromatic rings. The molecule has 0 radical (unpaired) electrons. The minimum Gasteiger partial charge on any atom is -0.297 e. The molecule has 3 heteroatoms. The van der Waals surface area contributed by atoms with Crippen LogP contribution in [0, 0.1) is 11.7 Å². The van der Waals surface area contributed by atoms with E-state index in [1.807, 2.05) is 6.08 Å². The van der Waals surface area contributed by atoms with E-state index in [2.05, 4.69) is 18.4 Å². The first-order valence-electron chi connectivity index (χ1n) is 9.24. The lowest BCUT2D eigenvalue weighted by molar-refractivity contribution is 0.0974.